The van der Waals surface area contributed by atoms with Gasteiger partial charge in [-0.15, -0.1) is 0 Å². The summed E-state index contributed by atoms with van der Waals surface area (Å²) >= 11 is 0. The molecule has 1 aliphatic carbocycles. The number of hydrogen-bond donors (Lipinski definition) is 0. The summed E-state index contributed by atoms with van der Waals surface area (Å²) in [5.41, 5.74) is 15.8. The Bertz CT molecular complexity index is 3490. The van der Waals surface area contributed by atoms with E-state index in [9.17, 15) is 0 Å². The molecule has 0 saturated carbocycles. The summed E-state index contributed by atoms with van der Waals surface area (Å²) in [5.74, 6) is 0. The van der Waals surface area contributed by atoms with Gasteiger partial charge in [0.2, 0.25) is 15.4 Å². The van der Waals surface area contributed by atoms with Crippen molar-refractivity contribution in [2.24, 2.45) is 0 Å². The lowest BCUT2D eigenvalue weighted by Crippen LogP contribution is -2.26. The second-order valence-electron chi connectivity index (χ2n) is 14.6. The number of fused-ring (bicyclic) bond motifs is 2. The van der Waals surface area contributed by atoms with Crippen molar-refractivity contribution in [3.8, 4) is 33.4 Å². The lowest BCUT2D eigenvalue weighted by atomic mass is 9.83. The Kier molecular flexibility index (Phi) is 5.28. The molecule has 2 atom stereocenters. The standard InChI is InChI=1S/C49H29NO2P/c1-27-17-23-36-42-33(27)20-18-31-19-21-35-40(30-15-9-4-10-16-30)46-49-44(43(35)41(31)42)50(36)37-24-22-34(29-13-7-3-8-14-29)45-47(37)53(49)48-38(51-45)25-32(26-39(48)52-46)28-11-5-2-6-12-28/h2-26,36H,1H3/q+1. The van der Waals surface area contributed by atoms with Gasteiger partial charge in [0.1, 0.15) is 5.52 Å². The van der Waals surface area contributed by atoms with Crippen LogP contribution in [0.4, 0.5) is 0 Å². The van der Waals surface area contributed by atoms with Gasteiger partial charge in [0.05, 0.1) is 11.6 Å². The Hall–Kier alpha value is -6.41. The Balaban J connectivity index is 1.38. The molecule has 2 aliphatic rings. The Morgan fingerprint density at radius 2 is 1.26 bits per heavy atom. The van der Waals surface area contributed by atoms with Crippen LogP contribution in [0.1, 0.15) is 18.5 Å². The first-order valence-electron chi connectivity index (χ1n) is 18.3. The SMILES string of the molecule is CC1=c2ccc3ccc4c(-c5ccccc5)c5oc6cc(-c7ccccc7)cc7oc8c(-c9ccccc9)ccc9c8[p+](c76)c5c5c4c3c2C(C=C1)n95. The van der Waals surface area contributed by atoms with E-state index in [1.54, 1.807) is 0 Å². The lowest BCUT2D eigenvalue weighted by Gasteiger charge is -2.32. The quantitative estimate of drug-likeness (QED) is 0.136. The molecule has 0 amide bonds. The molecule has 53 heavy (non-hydrogen) atoms. The number of hydrogen-bond acceptors (Lipinski definition) is 2. The first-order chi connectivity index (χ1) is 26.2. The van der Waals surface area contributed by atoms with Crippen LogP contribution >= 0.6 is 7.34 Å². The normalized spacial score (nSPS) is 15.3. The summed E-state index contributed by atoms with van der Waals surface area (Å²) in [6.45, 7) is 2.25. The molecule has 4 heterocycles. The van der Waals surface area contributed by atoms with Gasteiger partial charge in [0, 0.05) is 16.5 Å². The minimum Gasteiger partial charge on any atom is -0.447 e. The van der Waals surface area contributed by atoms with Crippen LogP contribution < -0.4 is 5.22 Å². The highest BCUT2D eigenvalue weighted by Crippen LogP contribution is 2.61. The van der Waals surface area contributed by atoms with Crippen molar-refractivity contribution in [2.45, 2.75) is 13.0 Å². The first kappa shape index (κ1) is 28.2. The molecule has 0 fully saturated rings. The van der Waals surface area contributed by atoms with E-state index in [0.29, 0.717) is 0 Å². The number of aromatic nitrogens is 1. The fourth-order valence-electron chi connectivity index (χ4n) is 9.73. The van der Waals surface area contributed by atoms with Crippen LogP contribution in [-0.2, 0) is 0 Å². The molecule has 0 radical (unpaired) electrons. The van der Waals surface area contributed by atoms with Gasteiger partial charge in [0.25, 0.3) is 0 Å². The van der Waals surface area contributed by atoms with Gasteiger partial charge >= 0.3 is 0 Å². The minimum absolute atomic E-state index is 0.0363. The lowest BCUT2D eigenvalue weighted by molar-refractivity contribution is 0.651. The average Bonchev–Trinajstić information content (AvgIpc) is 3.21. The van der Waals surface area contributed by atoms with Crippen molar-refractivity contribution in [1.29, 1.82) is 0 Å². The average molecular weight is 695 g/mol. The second-order valence-corrected chi connectivity index (χ2v) is 16.7. The van der Waals surface area contributed by atoms with Gasteiger partial charge in [-0.3, -0.25) is 0 Å². The number of nitrogens with zero attached hydrogens (tertiary/aromatic N) is 1. The molecule has 0 saturated heterocycles. The predicted octanol–water partition coefficient (Wildman–Crippen LogP) is 13.7. The van der Waals surface area contributed by atoms with E-state index in [4.69, 9.17) is 8.83 Å². The van der Waals surface area contributed by atoms with Crippen molar-refractivity contribution >= 4 is 83.2 Å². The van der Waals surface area contributed by atoms with Crippen molar-refractivity contribution in [3.63, 3.8) is 0 Å². The van der Waals surface area contributed by atoms with Crippen LogP contribution in [0, 0.1) is 0 Å². The van der Waals surface area contributed by atoms with Crippen LogP contribution in [0.5, 0.6) is 0 Å². The molecule has 8 aromatic carbocycles. The number of allylic oxidation sites excluding steroid dienone is 2. The molecule has 1 aliphatic heterocycles. The molecule has 0 spiro atoms. The molecule has 2 unspecified atom stereocenters. The smallest absolute Gasteiger partial charge is 0.239 e. The molecular weight excluding hydrogens is 666 g/mol. The zero-order valence-electron chi connectivity index (χ0n) is 28.7. The van der Waals surface area contributed by atoms with Crippen LogP contribution in [0.2, 0.25) is 0 Å². The highest BCUT2D eigenvalue weighted by molar-refractivity contribution is 7.63. The van der Waals surface area contributed by atoms with Crippen LogP contribution in [0.15, 0.2) is 161 Å². The van der Waals surface area contributed by atoms with Crippen molar-refractivity contribution in [1.82, 2.24) is 4.57 Å². The van der Waals surface area contributed by atoms with Crippen LogP contribution in [0.3, 0.4) is 0 Å². The Morgan fingerprint density at radius 3 is 2.02 bits per heavy atom. The van der Waals surface area contributed by atoms with Gasteiger partial charge in [-0.1, -0.05) is 127 Å². The second kappa shape index (κ2) is 9.92. The van der Waals surface area contributed by atoms with Gasteiger partial charge < -0.3 is 13.4 Å². The van der Waals surface area contributed by atoms with Crippen molar-refractivity contribution < 1.29 is 8.83 Å². The van der Waals surface area contributed by atoms with Crippen molar-refractivity contribution in [3.05, 3.63) is 162 Å². The zero-order valence-corrected chi connectivity index (χ0v) is 29.6. The molecule has 4 heteroatoms. The van der Waals surface area contributed by atoms with E-state index in [1.807, 2.05) is 0 Å². The highest BCUT2D eigenvalue weighted by atomic mass is 31.1. The van der Waals surface area contributed by atoms with E-state index in [1.165, 1.54) is 75.4 Å². The molecule has 3 nitrogen and oxygen atoms in total. The largest absolute Gasteiger partial charge is 0.447 e. The van der Waals surface area contributed by atoms with E-state index in [2.05, 4.69) is 163 Å². The maximum Gasteiger partial charge on any atom is 0.239 e. The van der Waals surface area contributed by atoms with Gasteiger partial charge in [-0.2, -0.15) is 0 Å². The van der Waals surface area contributed by atoms with Gasteiger partial charge in [-0.25, -0.2) is 0 Å². The molecule has 11 aromatic rings. The fourth-order valence-corrected chi connectivity index (χ4v) is 12.6. The molecular formula is C49H29NO2P+. The van der Waals surface area contributed by atoms with E-state index < -0.39 is 7.34 Å². The van der Waals surface area contributed by atoms with Gasteiger partial charge in [-0.05, 0) is 86.0 Å². The highest BCUT2D eigenvalue weighted by Gasteiger charge is 2.40. The Labute approximate surface area is 304 Å². The molecule has 0 N–H and O–H groups in total. The first-order valence-corrected chi connectivity index (χ1v) is 19.6. The van der Waals surface area contributed by atoms with Crippen molar-refractivity contribution in [2.75, 3.05) is 0 Å². The molecule has 246 valence electrons. The molecule has 0 bridgehead atoms. The topological polar surface area (TPSA) is 31.2 Å². The third kappa shape index (κ3) is 3.49. The summed E-state index contributed by atoms with van der Waals surface area (Å²) in [7, 11) is -1.07. The third-order valence-electron chi connectivity index (χ3n) is 11.9. The summed E-state index contributed by atoms with van der Waals surface area (Å²) in [6, 6.07) is 50.7. The fraction of sp³-hybridized carbons (Fsp3) is 0.0408. The summed E-state index contributed by atoms with van der Waals surface area (Å²) in [5, 5.41) is 10.3. The molecule has 3 aromatic heterocycles. The third-order valence-corrected chi connectivity index (χ3v) is 14.6. The van der Waals surface area contributed by atoms with E-state index in [-0.39, 0.29) is 6.04 Å². The Morgan fingerprint density at radius 1 is 0.585 bits per heavy atom. The van der Waals surface area contributed by atoms with Crippen LogP contribution in [0.25, 0.3) is 109 Å². The monoisotopic (exact) mass is 694 g/mol. The maximum absolute atomic E-state index is 7.41. The zero-order chi connectivity index (χ0) is 34.5. The summed E-state index contributed by atoms with van der Waals surface area (Å²) in [6.07, 6.45) is 4.74. The number of rotatable bonds is 3. The summed E-state index contributed by atoms with van der Waals surface area (Å²) < 4.78 is 17.3. The minimum atomic E-state index is -1.07. The molecule has 13 rings (SSSR count). The number of benzene rings is 8. The van der Waals surface area contributed by atoms with E-state index >= 15 is 0 Å². The van der Waals surface area contributed by atoms with Crippen LogP contribution in [-0.4, -0.2) is 4.57 Å². The van der Waals surface area contributed by atoms with E-state index in [0.717, 1.165) is 44.6 Å². The van der Waals surface area contributed by atoms with Gasteiger partial charge in [0.15, 0.2) is 29.7 Å². The summed E-state index contributed by atoms with van der Waals surface area (Å²) in [4.78, 5) is 0. The predicted molar refractivity (Wildman–Crippen MR) is 222 cm³/mol. The maximum atomic E-state index is 7.41.